The van der Waals surface area contributed by atoms with E-state index in [-0.39, 0.29) is 0 Å². The molecule has 82 valence electrons. The van der Waals surface area contributed by atoms with Gasteiger partial charge in [0.25, 0.3) is 0 Å². The molecule has 0 bridgehead atoms. The smallest absolute Gasteiger partial charge is 0.142 e. The van der Waals surface area contributed by atoms with Gasteiger partial charge in [0.15, 0.2) is 0 Å². The van der Waals surface area contributed by atoms with Gasteiger partial charge in [-0.1, -0.05) is 41.4 Å². The summed E-state index contributed by atoms with van der Waals surface area (Å²) in [4.78, 5) is 8.22. The van der Waals surface area contributed by atoms with Crippen LogP contribution in [0.5, 0.6) is 0 Å². The molecule has 0 radical (unpaired) electrons. The van der Waals surface area contributed by atoms with Crippen LogP contribution in [0.2, 0.25) is 5.15 Å². The highest BCUT2D eigenvalue weighted by molar-refractivity contribution is 6.32. The average Bonchev–Trinajstić information content (AvgIpc) is 2.19. The minimum Gasteiger partial charge on any atom is -0.383 e. The Balaban J connectivity index is 2.60. The van der Waals surface area contributed by atoms with Gasteiger partial charge >= 0.3 is 0 Å². The summed E-state index contributed by atoms with van der Waals surface area (Å²) in [7, 11) is 0. The lowest BCUT2D eigenvalue weighted by molar-refractivity contribution is 1.06. The standard InChI is InChI=1S/C12H12ClN3/c1-7-3-5-9(6-4-7)10-11(13)15-8(2)16-12(10)14/h3-6H,1-2H3,(H2,14,15,16). The zero-order chi connectivity index (χ0) is 11.7. The Morgan fingerprint density at radius 2 is 1.69 bits per heavy atom. The summed E-state index contributed by atoms with van der Waals surface area (Å²) in [6.45, 7) is 3.79. The molecule has 1 heterocycles. The van der Waals surface area contributed by atoms with Crippen LogP contribution < -0.4 is 5.73 Å². The van der Waals surface area contributed by atoms with Crippen LogP contribution in [-0.2, 0) is 0 Å². The molecule has 1 aromatic heterocycles. The summed E-state index contributed by atoms with van der Waals surface area (Å²) >= 11 is 6.08. The molecule has 2 N–H and O–H groups in total. The third kappa shape index (κ3) is 1.99. The summed E-state index contributed by atoms with van der Waals surface area (Å²) in [5.41, 5.74) is 8.68. The van der Waals surface area contributed by atoms with Gasteiger partial charge in [0.2, 0.25) is 0 Å². The molecule has 0 saturated heterocycles. The topological polar surface area (TPSA) is 51.8 Å². The van der Waals surface area contributed by atoms with E-state index in [0.717, 1.165) is 5.56 Å². The van der Waals surface area contributed by atoms with E-state index in [1.54, 1.807) is 6.92 Å². The molecule has 0 atom stereocenters. The maximum atomic E-state index is 6.08. The molecule has 0 saturated carbocycles. The number of halogens is 1. The molecule has 0 aliphatic heterocycles. The van der Waals surface area contributed by atoms with Crippen LogP contribution in [0, 0.1) is 13.8 Å². The van der Waals surface area contributed by atoms with Crippen LogP contribution in [0.3, 0.4) is 0 Å². The second kappa shape index (κ2) is 4.10. The quantitative estimate of drug-likeness (QED) is 0.771. The van der Waals surface area contributed by atoms with Crippen molar-refractivity contribution in [1.82, 2.24) is 9.97 Å². The highest BCUT2D eigenvalue weighted by Crippen LogP contribution is 2.30. The van der Waals surface area contributed by atoms with Crippen molar-refractivity contribution < 1.29 is 0 Å². The highest BCUT2D eigenvalue weighted by Gasteiger charge is 2.10. The Bertz CT molecular complexity index is 497. The van der Waals surface area contributed by atoms with Crippen molar-refractivity contribution in [3.63, 3.8) is 0 Å². The first-order valence-corrected chi connectivity index (χ1v) is 5.32. The van der Waals surface area contributed by atoms with Gasteiger partial charge in [0, 0.05) is 0 Å². The monoisotopic (exact) mass is 233 g/mol. The fourth-order valence-corrected chi connectivity index (χ4v) is 1.87. The van der Waals surface area contributed by atoms with Crippen molar-refractivity contribution in [3.8, 4) is 11.1 Å². The van der Waals surface area contributed by atoms with Crippen molar-refractivity contribution in [2.24, 2.45) is 0 Å². The molecule has 16 heavy (non-hydrogen) atoms. The molecule has 2 rings (SSSR count). The van der Waals surface area contributed by atoms with Gasteiger partial charge in [-0.2, -0.15) is 0 Å². The van der Waals surface area contributed by atoms with Crippen molar-refractivity contribution in [2.45, 2.75) is 13.8 Å². The van der Waals surface area contributed by atoms with E-state index in [0.29, 0.717) is 22.4 Å². The van der Waals surface area contributed by atoms with Crippen LogP contribution in [0.15, 0.2) is 24.3 Å². The first-order valence-electron chi connectivity index (χ1n) is 4.94. The van der Waals surface area contributed by atoms with E-state index < -0.39 is 0 Å². The van der Waals surface area contributed by atoms with E-state index >= 15 is 0 Å². The number of hydrogen-bond donors (Lipinski definition) is 1. The lowest BCUT2D eigenvalue weighted by Crippen LogP contribution is -2.00. The number of anilines is 1. The number of rotatable bonds is 1. The number of aryl methyl sites for hydroxylation is 2. The molecule has 0 aliphatic rings. The molecule has 3 nitrogen and oxygen atoms in total. The van der Waals surface area contributed by atoms with Gasteiger partial charge in [-0.15, -0.1) is 0 Å². The van der Waals surface area contributed by atoms with Gasteiger partial charge in [-0.25, -0.2) is 9.97 Å². The summed E-state index contributed by atoms with van der Waals surface area (Å²) < 4.78 is 0. The van der Waals surface area contributed by atoms with Crippen molar-refractivity contribution in [3.05, 3.63) is 40.8 Å². The molecule has 0 amide bonds. The van der Waals surface area contributed by atoms with Crippen molar-refractivity contribution in [1.29, 1.82) is 0 Å². The average molecular weight is 234 g/mol. The second-order valence-electron chi connectivity index (χ2n) is 3.69. The lowest BCUT2D eigenvalue weighted by Gasteiger charge is -2.08. The fraction of sp³-hybridized carbons (Fsp3) is 0.167. The molecule has 0 spiro atoms. The maximum absolute atomic E-state index is 6.08. The predicted octanol–water partition coefficient (Wildman–Crippen LogP) is 3.00. The Hall–Kier alpha value is -1.61. The maximum Gasteiger partial charge on any atom is 0.142 e. The molecule has 0 fully saturated rings. The van der Waals surface area contributed by atoms with Crippen molar-refractivity contribution >= 4 is 17.4 Å². The minimum absolute atomic E-state index is 0.397. The highest BCUT2D eigenvalue weighted by atomic mass is 35.5. The van der Waals surface area contributed by atoms with Gasteiger partial charge in [-0.05, 0) is 19.4 Å². The molecular weight excluding hydrogens is 222 g/mol. The number of hydrogen-bond acceptors (Lipinski definition) is 3. The number of nitrogen functional groups attached to an aromatic ring is 1. The van der Waals surface area contributed by atoms with E-state index in [4.69, 9.17) is 17.3 Å². The van der Waals surface area contributed by atoms with E-state index in [1.165, 1.54) is 5.56 Å². The zero-order valence-electron chi connectivity index (χ0n) is 9.16. The van der Waals surface area contributed by atoms with E-state index in [2.05, 4.69) is 9.97 Å². The fourth-order valence-electron chi connectivity index (χ4n) is 1.55. The molecule has 0 unspecified atom stereocenters. The summed E-state index contributed by atoms with van der Waals surface area (Å²) in [6.07, 6.45) is 0. The van der Waals surface area contributed by atoms with Crippen LogP contribution in [0.4, 0.5) is 5.82 Å². The number of nitrogens with zero attached hydrogens (tertiary/aromatic N) is 2. The van der Waals surface area contributed by atoms with Gasteiger partial charge < -0.3 is 5.73 Å². The Morgan fingerprint density at radius 3 is 2.25 bits per heavy atom. The predicted molar refractivity (Wildman–Crippen MR) is 66.4 cm³/mol. The Kier molecular flexibility index (Phi) is 2.79. The number of aromatic nitrogens is 2. The summed E-state index contributed by atoms with van der Waals surface area (Å²) in [5.74, 6) is 1.000. The first kappa shape index (κ1) is 10.9. The molecule has 4 heteroatoms. The summed E-state index contributed by atoms with van der Waals surface area (Å²) in [5, 5.41) is 0.397. The van der Waals surface area contributed by atoms with Crippen LogP contribution in [0.25, 0.3) is 11.1 Å². The Labute approximate surface area is 99.3 Å². The van der Waals surface area contributed by atoms with Crippen LogP contribution in [0.1, 0.15) is 11.4 Å². The third-order valence-corrected chi connectivity index (χ3v) is 2.62. The molecule has 1 aromatic carbocycles. The Morgan fingerprint density at radius 1 is 1.06 bits per heavy atom. The van der Waals surface area contributed by atoms with Gasteiger partial charge in [-0.3, -0.25) is 0 Å². The zero-order valence-corrected chi connectivity index (χ0v) is 9.92. The minimum atomic E-state index is 0.397. The molecular formula is C12H12ClN3. The van der Waals surface area contributed by atoms with Crippen molar-refractivity contribution in [2.75, 3.05) is 5.73 Å². The summed E-state index contributed by atoms with van der Waals surface area (Å²) in [6, 6.07) is 7.94. The lowest BCUT2D eigenvalue weighted by atomic mass is 10.1. The normalized spacial score (nSPS) is 10.4. The van der Waals surface area contributed by atoms with Gasteiger partial charge in [0.05, 0.1) is 5.56 Å². The van der Waals surface area contributed by atoms with Crippen LogP contribution >= 0.6 is 11.6 Å². The SMILES string of the molecule is Cc1ccc(-c2c(N)nc(C)nc2Cl)cc1. The second-order valence-corrected chi connectivity index (χ2v) is 4.05. The first-order chi connectivity index (χ1) is 7.58. The molecule has 2 aromatic rings. The largest absolute Gasteiger partial charge is 0.383 e. The van der Waals surface area contributed by atoms with Crippen LogP contribution in [-0.4, -0.2) is 9.97 Å². The van der Waals surface area contributed by atoms with E-state index in [9.17, 15) is 0 Å². The molecule has 0 aliphatic carbocycles. The van der Waals surface area contributed by atoms with Gasteiger partial charge in [0.1, 0.15) is 16.8 Å². The number of benzene rings is 1. The third-order valence-electron chi connectivity index (χ3n) is 2.34. The number of nitrogens with two attached hydrogens (primary N) is 1. The van der Waals surface area contributed by atoms with E-state index in [1.807, 2.05) is 31.2 Å².